The third-order valence-electron chi connectivity index (χ3n) is 2.48. The van der Waals surface area contributed by atoms with Crippen molar-refractivity contribution in [2.75, 3.05) is 6.26 Å². The first-order valence-electron chi connectivity index (χ1n) is 4.51. The van der Waals surface area contributed by atoms with Crippen LogP contribution in [0.5, 0.6) is 0 Å². The average Bonchev–Trinajstić information content (AvgIpc) is 2.13. The molecule has 0 aliphatic rings. The second-order valence-corrected chi connectivity index (χ2v) is 5.27. The fourth-order valence-corrected chi connectivity index (χ4v) is 1.32. The summed E-state index contributed by atoms with van der Waals surface area (Å²) in [4.78, 5) is 18.7. The maximum Gasteiger partial charge on any atom is 0.254 e. The molecule has 0 aliphatic heterocycles. The highest BCUT2D eigenvalue weighted by Gasteiger charge is 2.22. The van der Waals surface area contributed by atoms with E-state index in [0.717, 1.165) is 11.5 Å². The third-order valence-corrected chi connectivity index (χ3v) is 3.69. The molecule has 14 heavy (non-hydrogen) atoms. The van der Waals surface area contributed by atoms with Gasteiger partial charge in [0.1, 0.15) is 5.82 Å². The predicted molar refractivity (Wildman–Crippen MR) is 60.9 cm³/mol. The van der Waals surface area contributed by atoms with Crippen LogP contribution in [0.2, 0.25) is 0 Å². The van der Waals surface area contributed by atoms with Gasteiger partial charge in [-0.3, -0.25) is 4.79 Å². The Balaban J connectivity index is 3.33. The van der Waals surface area contributed by atoms with E-state index in [1.165, 1.54) is 0 Å². The van der Waals surface area contributed by atoms with Gasteiger partial charge in [-0.2, -0.15) is 11.8 Å². The summed E-state index contributed by atoms with van der Waals surface area (Å²) in [5, 5.41) is 0. The van der Waals surface area contributed by atoms with Crippen LogP contribution in [-0.4, -0.2) is 16.2 Å². The van der Waals surface area contributed by atoms with Gasteiger partial charge in [0.15, 0.2) is 0 Å². The van der Waals surface area contributed by atoms with Gasteiger partial charge in [-0.15, -0.1) is 0 Å². The zero-order valence-corrected chi connectivity index (χ0v) is 10.1. The summed E-state index contributed by atoms with van der Waals surface area (Å²) in [6.07, 6.45) is 2.01. The first-order valence-corrected chi connectivity index (χ1v) is 5.74. The van der Waals surface area contributed by atoms with Crippen molar-refractivity contribution in [3.8, 4) is 0 Å². The van der Waals surface area contributed by atoms with Gasteiger partial charge < -0.3 is 4.98 Å². The Hall–Kier alpha value is -0.770. The smallest absolute Gasteiger partial charge is 0.254 e. The average molecular weight is 212 g/mol. The van der Waals surface area contributed by atoms with E-state index in [1.807, 2.05) is 27.0 Å². The van der Waals surface area contributed by atoms with Crippen molar-refractivity contribution >= 4 is 11.8 Å². The molecule has 78 valence electrons. The summed E-state index contributed by atoms with van der Waals surface area (Å²) in [7, 11) is 0. The lowest BCUT2D eigenvalue weighted by Gasteiger charge is -2.21. The standard InChI is InChI=1S/C10H16N2OS/c1-6-7(2)11-9(12-8(6)13)10(3,4)14-5/h1-5H3,(H,11,12,13). The largest absolute Gasteiger partial charge is 0.309 e. The predicted octanol–water partition coefficient (Wildman–Crippen LogP) is 1.98. The molecule has 1 aromatic heterocycles. The van der Waals surface area contributed by atoms with Gasteiger partial charge in [0, 0.05) is 11.3 Å². The molecule has 0 aromatic carbocycles. The molecular weight excluding hydrogens is 196 g/mol. The Morgan fingerprint density at radius 1 is 1.36 bits per heavy atom. The van der Waals surface area contributed by atoms with E-state index in [9.17, 15) is 4.79 Å². The number of hydrogen-bond acceptors (Lipinski definition) is 3. The van der Waals surface area contributed by atoms with Crippen molar-refractivity contribution in [1.29, 1.82) is 0 Å². The lowest BCUT2D eigenvalue weighted by Crippen LogP contribution is -2.24. The van der Waals surface area contributed by atoms with Crippen molar-refractivity contribution in [2.45, 2.75) is 32.4 Å². The summed E-state index contributed by atoms with van der Waals surface area (Å²) >= 11 is 1.67. The fourth-order valence-electron chi connectivity index (χ4n) is 1.03. The molecule has 1 N–H and O–H groups in total. The maximum atomic E-state index is 11.5. The van der Waals surface area contributed by atoms with Crippen LogP contribution < -0.4 is 5.56 Å². The molecule has 0 bridgehead atoms. The van der Waals surface area contributed by atoms with Crippen molar-refractivity contribution < 1.29 is 0 Å². The second kappa shape index (κ2) is 3.77. The number of aromatic amines is 1. The molecule has 0 unspecified atom stereocenters. The van der Waals surface area contributed by atoms with Crippen LogP contribution in [0, 0.1) is 13.8 Å². The van der Waals surface area contributed by atoms with Crippen molar-refractivity contribution in [3.05, 3.63) is 27.4 Å². The Kier molecular flexibility index (Phi) is 3.04. The zero-order valence-electron chi connectivity index (χ0n) is 9.26. The molecule has 4 heteroatoms. The highest BCUT2D eigenvalue weighted by molar-refractivity contribution is 7.99. The third kappa shape index (κ3) is 2.00. The molecule has 0 aliphatic carbocycles. The van der Waals surface area contributed by atoms with Crippen LogP contribution >= 0.6 is 11.8 Å². The molecule has 0 fully saturated rings. The molecule has 0 saturated carbocycles. The van der Waals surface area contributed by atoms with E-state index < -0.39 is 0 Å². The fraction of sp³-hybridized carbons (Fsp3) is 0.600. The minimum Gasteiger partial charge on any atom is -0.309 e. The van der Waals surface area contributed by atoms with E-state index in [-0.39, 0.29) is 10.3 Å². The maximum absolute atomic E-state index is 11.5. The Bertz CT molecular complexity index is 396. The molecule has 0 amide bonds. The van der Waals surface area contributed by atoms with E-state index in [4.69, 9.17) is 0 Å². The van der Waals surface area contributed by atoms with E-state index in [0.29, 0.717) is 5.56 Å². The SMILES string of the molecule is CSC(C)(C)c1nc(C)c(C)c(=O)[nH]1. The molecule has 3 nitrogen and oxygen atoms in total. The first kappa shape index (κ1) is 11.3. The number of aryl methyl sites for hydroxylation is 1. The summed E-state index contributed by atoms with van der Waals surface area (Å²) < 4.78 is -0.141. The van der Waals surface area contributed by atoms with Gasteiger partial charge in [0.25, 0.3) is 5.56 Å². The van der Waals surface area contributed by atoms with Crippen LogP contribution in [0.15, 0.2) is 4.79 Å². The molecule has 1 aromatic rings. The van der Waals surface area contributed by atoms with Crippen molar-refractivity contribution in [2.24, 2.45) is 0 Å². The van der Waals surface area contributed by atoms with Gasteiger partial charge >= 0.3 is 0 Å². The molecule has 0 spiro atoms. The van der Waals surface area contributed by atoms with Crippen LogP contribution in [0.25, 0.3) is 0 Å². The van der Waals surface area contributed by atoms with Crippen LogP contribution in [0.4, 0.5) is 0 Å². The van der Waals surface area contributed by atoms with Crippen LogP contribution in [-0.2, 0) is 4.75 Å². The summed E-state index contributed by atoms with van der Waals surface area (Å²) in [6, 6.07) is 0. The molecule has 0 atom stereocenters. The Morgan fingerprint density at radius 2 is 1.93 bits per heavy atom. The lowest BCUT2D eigenvalue weighted by atomic mass is 10.1. The second-order valence-electron chi connectivity index (χ2n) is 3.84. The van der Waals surface area contributed by atoms with Gasteiger partial charge in [-0.05, 0) is 34.0 Å². The quantitative estimate of drug-likeness (QED) is 0.815. The van der Waals surface area contributed by atoms with E-state index >= 15 is 0 Å². The molecule has 1 rings (SSSR count). The van der Waals surface area contributed by atoms with Gasteiger partial charge in [0.2, 0.25) is 0 Å². The highest BCUT2D eigenvalue weighted by atomic mass is 32.2. The van der Waals surface area contributed by atoms with Crippen LogP contribution in [0.1, 0.15) is 30.9 Å². The Morgan fingerprint density at radius 3 is 2.36 bits per heavy atom. The number of hydrogen-bond donors (Lipinski definition) is 1. The molecule has 1 heterocycles. The summed E-state index contributed by atoms with van der Waals surface area (Å²) in [5.74, 6) is 0.748. The minimum absolute atomic E-state index is 0.0328. The number of aromatic nitrogens is 2. The summed E-state index contributed by atoms with van der Waals surface area (Å²) in [5.41, 5.74) is 1.48. The van der Waals surface area contributed by atoms with Gasteiger partial charge in [0.05, 0.1) is 4.75 Å². The highest BCUT2D eigenvalue weighted by Crippen LogP contribution is 2.30. The van der Waals surface area contributed by atoms with Crippen molar-refractivity contribution in [1.82, 2.24) is 9.97 Å². The molecule has 0 saturated heterocycles. The number of thioether (sulfide) groups is 1. The lowest BCUT2D eigenvalue weighted by molar-refractivity contribution is 0.695. The minimum atomic E-state index is -0.141. The normalized spacial score (nSPS) is 11.8. The molecular formula is C10H16N2OS. The molecule has 0 radical (unpaired) electrons. The summed E-state index contributed by atoms with van der Waals surface area (Å²) in [6.45, 7) is 7.75. The number of nitrogens with zero attached hydrogens (tertiary/aromatic N) is 1. The zero-order chi connectivity index (χ0) is 10.9. The van der Waals surface area contributed by atoms with E-state index in [2.05, 4.69) is 9.97 Å². The topological polar surface area (TPSA) is 45.8 Å². The van der Waals surface area contributed by atoms with E-state index in [1.54, 1.807) is 18.7 Å². The monoisotopic (exact) mass is 212 g/mol. The van der Waals surface area contributed by atoms with Gasteiger partial charge in [-0.1, -0.05) is 0 Å². The number of rotatable bonds is 2. The van der Waals surface area contributed by atoms with Crippen molar-refractivity contribution in [3.63, 3.8) is 0 Å². The number of H-pyrrole nitrogens is 1. The Labute approximate surface area is 88.3 Å². The van der Waals surface area contributed by atoms with Crippen LogP contribution in [0.3, 0.4) is 0 Å². The number of nitrogens with one attached hydrogen (secondary N) is 1. The van der Waals surface area contributed by atoms with Gasteiger partial charge in [-0.25, -0.2) is 4.98 Å². The first-order chi connectivity index (χ1) is 6.38.